The molecule has 1 aliphatic heterocycles. The van der Waals surface area contributed by atoms with Gasteiger partial charge in [-0.3, -0.25) is 0 Å². The van der Waals surface area contributed by atoms with Gasteiger partial charge in [-0.15, -0.1) is 0 Å². The summed E-state index contributed by atoms with van der Waals surface area (Å²) in [6, 6.07) is 98.7. The fourth-order valence-corrected chi connectivity index (χ4v) is 14.3. The molecule has 0 amide bonds. The van der Waals surface area contributed by atoms with Crippen LogP contribution in [0.5, 0.6) is 11.5 Å². The van der Waals surface area contributed by atoms with E-state index in [1.54, 1.807) is 0 Å². The minimum absolute atomic E-state index is 0.824. The summed E-state index contributed by atoms with van der Waals surface area (Å²) in [5.41, 5.74) is 19.8. The Hall–Kier alpha value is -10.4. The Balaban J connectivity index is 0.972. The number of hydrogen-bond acceptors (Lipinski definition) is 1. The molecule has 2 aliphatic rings. The van der Waals surface area contributed by atoms with Crippen molar-refractivity contribution in [2.45, 2.75) is 5.41 Å². The van der Waals surface area contributed by atoms with Crippen LogP contribution in [0.1, 0.15) is 22.3 Å². The molecule has 78 heavy (non-hydrogen) atoms. The second-order valence-electron chi connectivity index (χ2n) is 21.2. The van der Waals surface area contributed by atoms with Gasteiger partial charge in [0.2, 0.25) is 0 Å². The van der Waals surface area contributed by atoms with E-state index in [9.17, 15) is 0 Å². The topological polar surface area (TPSA) is 28.9 Å². The summed E-state index contributed by atoms with van der Waals surface area (Å²) in [6.07, 6.45) is 0. The molecule has 1 aliphatic carbocycles. The average molecular weight is 993 g/mol. The SMILES string of the molecule is c1ccc2c(c1)c1ccccc1n2-c1ccc2c(c1)Oc1cc(-n3c4ccccc4c4ccccc43)ccc1C21c2cc(-n3c4ccccc4c4ccccc43)ccc2-c2ccc(-n3c4ccccc4c4ccccc43)cc21. The first kappa shape index (κ1) is 41.9. The van der Waals surface area contributed by atoms with Gasteiger partial charge in [-0.1, -0.05) is 170 Å². The molecule has 0 unspecified atom stereocenters. The lowest BCUT2D eigenvalue weighted by atomic mass is 9.66. The maximum atomic E-state index is 7.62. The number of ether oxygens (including phenoxy) is 1. The third-order valence-corrected chi connectivity index (χ3v) is 17.4. The van der Waals surface area contributed by atoms with Gasteiger partial charge in [0.25, 0.3) is 0 Å². The van der Waals surface area contributed by atoms with Crippen LogP contribution in [0.15, 0.2) is 267 Å². The molecule has 5 nitrogen and oxygen atoms in total. The Morgan fingerprint density at radius 2 is 0.449 bits per heavy atom. The molecule has 18 rings (SSSR count). The van der Waals surface area contributed by atoms with Crippen molar-refractivity contribution in [2.24, 2.45) is 0 Å². The Bertz CT molecular complexity index is 4730. The largest absolute Gasteiger partial charge is 0.457 e. The Morgan fingerprint density at radius 3 is 0.718 bits per heavy atom. The first-order chi connectivity index (χ1) is 38.7. The number of para-hydroxylation sites is 8. The first-order valence-electron chi connectivity index (χ1n) is 26.9. The van der Waals surface area contributed by atoms with Crippen LogP contribution in [0.4, 0.5) is 0 Å². The fraction of sp³-hybridized carbons (Fsp3) is 0.0137. The molecule has 16 aromatic rings. The molecule has 0 saturated heterocycles. The average Bonchev–Trinajstić information content (AvgIpc) is 4.24. The molecule has 0 radical (unpaired) electrons. The first-order valence-corrected chi connectivity index (χ1v) is 26.9. The summed E-state index contributed by atoms with van der Waals surface area (Å²) in [5.74, 6) is 1.65. The lowest BCUT2D eigenvalue weighted by molar-refractivity contribution is 0.436. The highest BCUT2D eigenvalue weighted by atomic mass is 16.5. The maximum absolute atomic E-state index is 7.62. The summed E-state index contributed by atoms with van der Waals surface area (Å²) in [7, 11) is 0. The standard InChI is InChI=1S/C73H44N4O/c1-9-25-63-51(17-1)52-18-2-10-26-64(52)74(63)45-33-37-49-50-38-34-46(75-65-27-11-3-19-53(65)54-20-4-12-28-66(54)75)42-62(50)73(61(49)41-45)59-39-35-47(76-67-29-13-5-21-55(67)56-22-6-14-30-68(56)76)43-71(59)78-72-44-48(36-40-60(72)73)77-69-31-15-7-23-57(69)58-24-8-16-32-70(58)77/h1-44H. The van der Waals surface area contributed by atoms with Crippen LogP contribution >= 0.6 is 0 Å². The van der Waals surface area contributed by atoms with Gasteiger partial charge in [0.1, 0.15) is 11.5 Å². The van der Waals surface area contributed by atoms with Crippen LogP contribution in [0.25, 0.3) is 121 Å². The fourth-order valence-electron chi connectivity index (χ4n) is 14.3. The van der Waals surface area contributed by atoms with Crippen molar-refractivity contribution in [3.05, 3.63) is 289 Å². The van der Waals surface area contributed by atoms with E-state index in [2.05, 4.69) is 285 Å². The number of fused-ring (bicyclic) bond motifs is 21. The molecule has 0 atom stereocenters. The predicted octanol–water partition coefficient (Wildman–Crippen LogP) is 18.5. The zero-order valence-corrected chi connectivity index (χ0v) is 42.1. The molecule has 5 heterocycles. The van der Waals surface area contributed by atoms with E-state index >= 15 is 0 Å². The van der Waals surface area contributed by atoms with E-state index in [0.29, 0.717) is 0 Å². The molecule has 4 aromatic heterocycles. The third kappa shape index (κ3) is 5.39. The van der Waals surface area contributed by atoms with Crippen LogP contribution in [0.2, 0.25) is 0 Å². The van der Waals surface area contributed by atoms with E-state index in [-0.39, 0.29) is 0 Å². The van der Waals surface area contributed by atoms with Gasteiger partial charge < -0.3 is 23.0 Å². The predicted molar refractivity (Wildman–Crippen MR) is 321 cm³/mol. The number of benzene rings is 12. The highest BCUT2D eigenvalue weighted by Crippen LogP contribution is 2.63. The smallest absolute Gasteiger partial charge is 0.134 e. The van der Waals surface area contributed by atoms with E-state index < -0.39 is 5.41 Å². The molecule has 1 spiro atoms. The van der Waals surface area contributed by atoms with E-state index in [4.69, 9.17) is 4.74 Å². The van der Waals surface area contributed by atoms with Crippen molar-refractivity contribution in [3.8, 4) is 45.4 Å². The monoisotopic (exact) mass is 992 g/mol. The van der Waals surface area contributed by atoms with Gasteiger partial charge in [-0.05, 0) is 107 Å². The molecule has 5 heteroatoms. The van der Waals surface area contributed by atoms with E-state index in [1.807, 2.05) is 0 Å². The van der Waals surface area contributed by atoms with Crippen LogP contribution < -0.4 is 4.74 Å². The Labute approximate surface area is 447 Å². The van der Waals surface area contributed by atoms with Crippen LogP contribution in [0.3, 0.4) is 0 Å². The van der Waals surface area contributed by atoms with Crippen LogP contribution in [-0.4, -0.2) is 18.3 Å². The number of rotatable bonds is 4. The van der Waals surface area contributed by atoms with Crippen molar-refractivity contribution in [1.29, 1.82) is 0 Å². The lowest BCUT2D eigenvalue weighted by Crippen LogP contribution is -2.32. The molecule has 0 fully saturated rings. The van der Waals surface area contributed by atoms with Gasteiger partial charge in [-0.25, -0.2) is 0 Å². The molecular weight excluding hydrogens is 949 g/mol. The molecule has 12 aromatic carbocycles. The van der Waals surface area contributed by atoms with Gasteiger partial charge >= 0.3 is 0 Å². The van der Waals surface area contributed by atoms with E-state index in [0.717, 1.165) is 67.4 Å². The van der Waals surface area contributed by atoms with Crippen molar-refractivity contribution < 1.29 is 4.74 Å². The molecule has 0 N–H and O–H groups in total. The summed E-state index contributed by atoms with van der Waals surface area (Å²) in [4.78, 5) is 0. The summed E-state index contributed by atoms with van der Waals surface area (Å²) in [5, 5.41) is 9.82. The second-order valence-corrected chi connectivity index (χ2v) is 21.2. The molecule has 362 valence electrons. The van der Waals surface area contributed by atoms with Gasteiger partial charge in [0, 0.05) is 89.1 Å². The lowest BCUT2D eigenvalue weighted by Gasteiger charge is -2.40. The van der Waals surface area contributed by atoms with Crippen molar-refractivity contribution >= 4 is 87.2 Å². The maximum Gasteiger partial charge on any atom is 0.134 e. The van der Waals surface area contributed by atoms with Gasteiger partial charge in [0.15, 0.2) is 0 Å². The summed E-state index contributed by atoms with van der Waals surface area (Å²) >= 11 is 0. The Morgan fingerprint density at radius 1 is 0.218 bits per heavy atom. The van der Waals surface area contributed by atoms with Crippen LogP contribution in [0, 0.1) is 0 Å². The number of nitrogens with zero attached hydrogens (tertiary/aromatic N) is 4. The number of hydrogen-bond donors (Lipinski definition) is 0. The normalized spacial score (nSPS) is 13.3. The van der Waals surface area contributed by atoms with Crippen molar-refractivity contribution in [1.82, 2.24) is 18.3 Å². The molecular formula is C73H44N4O. The van der Waals surface area contributed by atoms with Gasteiger partial charge in [-0.2, -0.15) is 0 Å². The Kier molecular flexibility index (Phi) is 8.27. The minimum Gasteiger partial charge on any atom is -0.457 e. The minimum atomic E-state index is -0.837. The van der Waals surface area contributed by atoms with Gasteiger partial charge in [0.05, 0.1) is 49.5 Å². The highest BCUT2D eigenvalue weighted by molar-refractivity contribution is 6.12. The number of aromatic nitrogens is 4. The zero-order valence-electron chi connectivity index (χ0n) is 42.1. The third-order valence-electron chi connectivity index (χ3n) is 17.4. The van der Waals surface area contributed by atoms with Crippen LogP contribution in [-0.2, 0) is 5.41 Å². The highest BCUT2D eigenvalue weighted by Gasteiger charge is 2.52. The summed E-state index contributed by atoms with van der Waals surface area (Å²) in [6.45, 7) is 0. The second kappa shape index (κ2) is 15.4. The zero-order chi connectivity index (χ0) is 50.8. The van der Waals surface area contributed by atoms with Crippen molar-refractivity contribution in [3.63, 3.8) is 0 Å². The van der Waals surface area contributed by atoms with Crippen molar-refractivity contribution in [2.75, 3.05) is 0 Å². The van der Waals surface area contributed by atoms with E-state index in [1.165, 1.54) is 87.4 Å². The molecule has 0 saturated carbocycles. The quantitative estimate of drug-likeness (QED) is 0.173. The molecule has 0 bridgehead atoms. The summed E-state index contributed by atoms with van der Waals surface area (Å²) < 4.78 is 17.4.